The van der Waals surface area contributed by atoms with Crippen LogP contribution in [-0.4, -0.2) is 58.4 Å². The molecule has 0 fully saturated rings. The van der Waals surface area contributed by atoms with Crippen molar-refractivity contribution in [1.82, 2.24) is 19.4 Å². The first-order chi connectivity index (χ1) is 15.5. The van der Waals surface area contributed by atoms with Crippen LogP contribution < -0.4 is 15.9 Å². The molecule has 5 rings (SSSR count). The summed E-state index contributed by atoms with van der Waals surface area (Å²) >= 11 is 0. The van der Waals surface area contributed by atoms with E-state index in [-0.39, 0.29) is 36.3 Å². The lowest BCUT2D eigenvalue weighted by molar-refractivity contribution is 0.201. The fourth-order valence-corrected chi connectivity index (χ4v) is 4.01. The first-order valence-electron chi connectivity index (χ1n) is 10.3. The van der Waals surface area contributed by atoms with E-state index >= 15 is 0 Å². The standard InChI is InChI=1S/C23H22N4O5/c1-26(2)8-9-27-22(29)17-15-12-13(31-11-10-28)5-6-14(15)19-20(18(17)23(27)30)32-16-4-3-7-24-21(16)25-19/h3-7,12,28H,8-11H2,1-2H3,(H,24,25). The van der Waals surface area contributed by atoms with E-state index < -0.39 is 0 Å². The summed E-state index contributed by atoms with van der Waals surface area (Å²) in [6.45, 7) is 0.803. The number of likely N-dealkylation sites (N-methyl/N-ethyl adjacent to an activating group) is 1. The minimum atomic E-state index is -0.388. The molecule has 0 amide bonds. The molecule has 9 heteroatoms. The van der Waals surface area contributed by atoms with Gasteiger partial charge in [0.25, 0.3) is 11.1 Å². The van der Waals surface area contributed by atoms with Gasteiger partial charge < -0.3 is 24.1 Å². The van der Waals surface area contributed by atoms with Crippen LogP contribution in [0.5, 0.6) is 5.75 Å². The maximum Gasteiger partial charge on any atom is 0.265 e. The summed E-state index contributed by atoms with van der Waals surface area (Å²) in [7, 11) is 3.77. The fraction of sp³-hybridized carbons (Fsp3) is 0.261. The van der Waals surface area contributed by atoms with Crippen molar-refractivity contribution in [3.8, 4) is 5.75 Å². The molecule has 32 heavy (non-hydrogen) atoms. The molecule has 3 heterocycles. The van der Waals surface area contributed by atoms with Crippen LogP contribution >= 0.6 is 0 Å². The van der Waals surface area contributed by atoms with E-state index in [2.05, 4.69) is 9.97 Å². The maximum atomic E-state index is 13.4. The van der Waals surface area contributed by atoms with E-state index in [0.717, 1.165) is 0 Å². The summed E-state index contributed by atoms with van der Waals surface area (Å²) < 4.78 is 12.9. The lowest BCUT2D eigenvalue weighted by atomic mass is 10.0. The molecule has 164 valence electrons. The molecule has 2 aromatic carbocycles. The van der Waals surface area contributed by atoms with Gasteiger partial charge >= 0.3 is 0 Å². The van der Waals surface area contributed by atoms with E-state index in [9.17, 15) is 9.59 Å². The number of aliphatic hydroxyl groups excluding tert-OH is 1. The number of aromatic nitrogens is 3. The van der Waals surface area contributed by atoms with E-state index in [4.69, 9.17) is 14.3 Å². The molecular weight excluding hydrogens is 412 g/mol. The maximum absolute atomic E-state index is 13.4. The van der Waals surface area contributed by atoms with Gasteiger partial charge in [0.15, 0.2) is 16.8 Å². The molecule has 0 saturated heterocycles. The molecule has 9 nitrogen and oxygen atoms in total. The molecule has 5 aromatic rings. The molecule has 0 aliphatic heterocycles. The third-order valence-electron chi connectivity index (χ3n) is 5.51. The average Bonchev–Trinajstić information content (AvgIpc) is 3.05. The average molecular weight is 434 g/mol. The number of aromatic amines is 1. The van der Waals surface area contributed by atoms with Crippen molar-refractivity contribution < 1.29 is 14.3 Å². The van der Waals surface area contributed by atoms with E-state index in [1.807, 2.05) is 25.1 Å². The van der Waals surface area contributed by atoms with Gasteiger partial charge in [-0.25, -0.2) is 4.98 Å². The van der Waals surface area contributed by atoms with Gasteiger partial charge in [-0.1, -0.05) is 0 Å². The van der Waals surface area contributed by atoms with Crippen molar-refractivity contribution in [2.45, 2.75) is 6.54 Å². The minimum Gasteiger partial charge on any atom is -0.491 e. The van der Waals surface area contributed by atoms with E-state index in [0.29, 0.717) is 50.8 Å². The van der Waals surface area contributed by atoms with Crippen molar-refractivity contribution >= 4 is 43.9 Å². The summed E-state index contributed by atoms with van der Waals surface area (Å²) in [6, 6.07) is 8.79. The van der Waals surface area contributed by atoms with Gasteiger partial charge in [-0.3, -0.25) is 14.2 Å². The third kappa shape index (κ3) is 3.14. The largest absolute Gasteiger partial charge is 0.491 e. The fourth-order valence-electron chi connectivity index (χ4n) is 4.01. The Morgan fingerprint density at radius 1 is 1.16 bits per heavy atom. The smallest absolute Gasteiger partial charge is 0.265 e. The highest BCUT2D eigenvalue weighted by Crippen LogP contribution is 2.34. The van der Waals surface area contributed by atoms with Crippen molar-refractivity contribution in [3.05, 3.63) is 57.2 Å². The first-order valence-corrected chi connectivity index (χ1v) is 10.3. The summed E-state index contributed by atoms with van der Waals surface area (Å²) in [5, 5.41) is 10.9. The second kappa shape index (κ2) is 7.77. The number of aliphatic hydroxyl groups is 1. The highest BCUT2D eigenvalue weighted by molar-refractivity contribution is 6.23. The van der Waals surface area contributed by atoms with Crippen molar-refractivity contribution in [2.24, 2.45) is 0 Å². The summed E-state index contributed by atoms with van der Waals surface area (Å²) in [5.41, 5.74) is 1.16. The van der Waals surface area contributed by atoms with Crippen molar-refractivity contribution in [2.75, 3.05) is 33.9 Å². The van der Waals surface area contributed by atoms with Crippen LogP contribution in [0.1, 0.15) is 0 Å². The predicted molar refractivity (Wildman–Crippen MR) is 123 cm³/mol. The zero-order valence-corrected chi connectivity index (χ0v) is 17.7. The van der Waals surface area contributed by atoms with Gasteiger partial charge in [-0.2, -0.15) is 0 Å². The van der Waals surface area contributed by atoms with Crippen molar-refractivity contribution in [3.63, 3.8) is 0 Å². The molecule has 0 spiro atoms. The lowest BCUT2D eigenvalue weighted by Gasteiger charge is -2.10. The number of hydrogen-bond donors (Lipinski definition) is 2. The van der Waals surface area contributed by atoms with Gasteiger partial charge in [0.05, 0.1) is 22.9 Å². The first kappa shape index (κ1) is 20.2. The quantitative estimate of drug-likeness (QED) is 0.311. The van der Waals surface area contributed by atoms with Gasteiger partial charge in [-0.15, -0.1) is 0 Å². The molecule has 2 N–H and O–H groups in total. The molecule has 0 radical (unpaired) electrons. The molecular formula is C23H22N4O5. The summed E-state index contributed by atoms with van der Waals surface area (Å²) in [5.74, 6) is 0.496. The minimum absolute atomic E-state index is 0.124. The molecule has 0 unspecified atom stereocenters. The zero-order chi connectivity index (χ0) is 22.4. The monoisotopic (exact) mass is 434 g/mol. The molecule has 0 aliphatic rings. The normalized spacial score (nSPS) is 12.0. The number of hydrogen-bond acceptors (Lipinski definition) is 7. The van der Waals surface area contributed by atoms with Gasteiger partial charge in [0, 0.05) is 30.1 Å². The topological polar surface area (TPSA) is 114 Å². The highest BCUT2D eigenvalue weighted by atomic mass is 16.5. The predicted octanol–water partition coefficient (Wildman–Crippen LogP) is 2.07. The second-order valence-corrected chi connectivity index (χ2v) is 7.88. The molecule has 0 saturated carbocycles. The van der Waals surface area contributed by atoms with E-state index in [1.165, 1.54) is 4.57 Å². The van der Waals surface area contributed by atoms with Gasteiger partial charge in [0.2, 0.25) is 0 Å². The Balaban J connectivity index is 1.94. The SMILES string of the molecule is CN(C)CCn1c(=O)c2c3cc(OCCO)ccc3c3[nH]c4ncccc4oc3c2c1=O. The molecule has 0 atom stereocenters. The Labute approximate surface area is 181 Å². The van der Waals surface area contributed by atoms with Crippen LogP contribution in [0.4, 0.5) is 0 Å². The molecule has 3 aromatic heterocycles. The van der Waals surface area contributed by atoms with Crippen LogP contribution in [0.15, 0.2) is 50.5 Å². The number of nitrogens with zero attached hydrogens (tertiary/aromatic N) is 3. The zero-order valence-electron chi connectivity index (χ0n) is 17.7. The Morgan fingerprint density at radius 3 is 2.75 bits per heavy atom. The summed E-state index contributed by atoms with van der Waals surface area (Å²) in [4.78, 5) is 36.3. The summed E-state index contributed by atoms with van der Waals surface area (Å²) in [6.07, 6.45) is 1.65. The molecule has 0 bridgehead atoms. The Hall–Kier alpha value is -3.69. The van der Waals surface area contributed by atoms with Crippen LogP contribution in [0, 0.1) is 0 Å². The number of ether oxygens (including phenoxy) is 1. The van der Waals surface area contributed by atoms with Gasteiger partial charge in [0.1, 0.15) is 12.4 Å². The van der Waals surface area contributed by atoms with Crippen LogP contribution in [0.25, 0.3) is 43.9 Å². The number of nitrogens with one attached hydrogen (secondary N) is 1. The number of rotatable bonds is 6. The number of benzene rings is 2. The second-order valence-electron chi connectivity index (χ2n) is 7.88. The Morgan fingerprint density at radius 2 is 1.97 bits per heavy atom. The van der Waals surface area contributed by atoms with E-state index in [1.54, 1.807) is 30.5 Å². The Bertz CT molecular complexity index is 1600. The van der Waals surface area contributed by atoms with Gasteiger partial charge in [-0.05, 0) is 44.4 Å². The Kier molecular flexibility index (Phi) is 4.91. The third-order valence-corrected chi connectivity index (χ3v) is 5.51. The highest BCUT2D eigenvalue weighted by Gasteiger charge is 2.22. The van der Waals surface area contributed by atoms with Crippen LogP contribution in [0.2, 0.25) is 0 Å². The van der Waals surface area contributed by atoms with Crippen LogP contribution in [0.3, 0.4) is 0 Å². The number of fused-ring (bicyclic) bond motifs is 7. The molecule has 0 aliphatic carbocycles. The van der Waals surface area contributed by atoms with Crippen LogP contribution in [-0.2, 0) is 6.54 Å². The number of H-pyrrole nitrogens is 1. The van der Waals surface area contributed by atoms with Crippen molar-refractivity contribution in [1.29, 1.82) is 0 Å². The lowest BCUT2D eigenvalue weighted by Crippen LogP contribution is -2.30. The number of pyridine rings is 1.